The lowest BCUT2D eigenvalue weighted by atomic mass is 9.98. The summed E-state index contributed by atoms with van der Waals surface area (Å²) in [4.78, 5) is 25.3. The Bertz CT molecular complexity index is 1520. The third-order valence-corrected chi connectivity index (χ3v) is 7.67. The van der Waals surface area contributed by atoms with E-state index in [2.05, 4.69) is 17.4 Å². The summed E-state index contributed by atoms with van der Waals surface area (Å²) < 4.78 is 31.5. The number of fused-ring (bicyclic) bond motifs is 3. The van der Waals surface area contributed by atoms with Gasteiger partial charge in [0.2, 0.25) is 0 Å². The number of hydrogen-bond donors (Lipinski definition) is 1. The highest BCUT2D eigenvalue weighted by molar-refractivity contribution is 5.82. The molecule has 216 valence electrons. The van der Waals surface area contributed by atoms with Gasteiger partial charge < -0.3 is 19.5 Å². The molecule has 1 atom stereocenters. The van der Waals surface area contributed by atoms with Gasteiger partial charge in [-0.2, -0.15) is 0 Å². The summed E-state index contributed by atoms with van der Waals surface area (Å²) in [6, 6.07) is 29.5. The lowest BCUT2D eigenvalue weighted by molar-refractivity contribution is -0.143. The molecule has 0 saturated heterocycles. The topological polar surface area (TPSA) is 73.9 Å². The molecular weight excluding hydrogens is 533 g/mol. The molecule has 0 aromatic heterocycles. The minimum Gasteiger partial charge on any atom is -0.480 e. The second-order valence-corrected chi connectivity index (χ2v) is 10.8. The highest BCUT2D eigenvalue weighted by atomic mass is 19.1. The van der Waals surface area contributed by atoms with Gasteiger partial charge in [-0.1, -0.05) is 84.9 Å². The molecular formula is C35H34FNO5. The Morgan fingerprint density at radius 3 is 2.12 bits per heavy atom. The van der Waals surface area contributed by atoms with Gasteiger partial charge in [0.1, 0.15) is 18.2 Å². The predicted octanol–water partition coefficient (Wildman–Crippen LogP) is 7.15. The van der Waals surface area contributed by atoms with Crippen LogP contribution in [0.15, 0.2) is 97.1 Å². The van der Waals surface area contributed by atoms with Gasteiger partial charge in [0.25, 0.3) is 0 Å². The first-order valence-corrected chi connectivity index (χ1v) is 14.0. The summed E-state index contributed by atoms with van der Waals surface area (Å²) in [7, 11) is 1.26. The molecule has 0 spiro atoms. The van der Waals surface area contributed by atoms with E-state index in [1.165, 1.54) is 13.2 Å². The van der Waals surface area contributed by atoms with Crippen molar-refractivity contribution in [2.45, 2.75) is 44.2 Å². The molecule has 1 aliphatic rings. The molecule has 0 saturated carbocycles. The van der Waals surface area contributed by atoms with Crippen molar-refractivity contribution in [2.75, 3.05) is 13.7 Å². The zero-order chi connectivity index (χ0) is 29.7. The van der Waals surface area contributed by atoms with E-state index >= 15 is 4.39 Å². The van der Waals surface area contributed by atoms with E-state index in [1.807, 2.05) is 80.6 Å². The van der Waals surface area contributed by atoms with Gasteiger partial charge in [-0.05, 0) is 72.2 Å². The second-order valence-electron chi connectivity index (χ2n) is 10.8. The number of halogens is 1. The van der Waals surface area contributed by atoms with E-state index < -0.39 is 29.5 Å². The molecule has 0 aliphatic heterocycles. The van der Waals surface area contributed by atoms with Crippen molar-refractivity contribution in [3.63, 3.8) is 0 Å². The molecule has 0 heterocycles. The quantitative estimate of drug-likeness (QED) is 0.206. The van der Waals surface area contributed by atoms with Crippen LogP contribution in [0.2, 0.25) is 0 Å². The van der Waals surface area contributed by atoms with Crippen LogP contribution in [0.25, 0.3) is 11.1 Å². The van der Waals surface area contributed by atoms with Crippen LogP contribution in [0.3, 0.4) is 0 Å². The zero-order valence-corrected chi connectivity index (χ0v) is 23.9. The van der Waals surface area contributed by atoms with Crippen LogP contribution >= 0.6 is 0 Å². The van der Waals surface area contributed by atoms with E-state index in [-0.39, 0.29) is 24.7 Å². The summed E-state index contributed by atoms with van der Waals surface area (Å²) >= 11 is 0. The van der Waals surface area contributed by atoms with E-state index in [4.69, 9.17) is 14.2 Å². The van der Waals surface area contributed by atoms with Crippen LogP contribution < -0.4 is 10.1 Å². The monoisotopic (exact) mass is 567 g/mol. The number of nitrogens with one attached hydrogen (secondary N) is 1. The fourth-order valence-corrected chi connectivity index (χ4v) is 5.44. The number of alkyl carbamates (subject to hydrolysis) is 1. The van der Waals surface area contributed by atoms with Crippen molar-refractivity contribution < 1.29 is 28.2 Å². The smallest absolute Gasteiger partial charge is 0.407 e. The van der Waals surface area contributed by atoms with Crippen LogP contribution in [0.4, 0.5) is 9.18 Å². The third kappa shape index (κ3) is 6.30. The molecule has 42 heavy (non-hydrogen) atoms. The van der Waals surface area contributed by atoms with Crippen molar-refractivity contribution in [2.24, 2.45) is 0 Å². The maximum atomic E-state index is 15.0. The lowest BCUT2D eigenvalue weighted by Gasteiger charge is -2.27. The largest absolute Gasteiger partial charge is 0.480 e. The molecule has 4 aromatic carbocycles. The van der Waals surface area contributed by atoms with Gasteiger partial charge in [-0.25, -0.2) is 14.0 Å². The average molecular weight is 568 g/mol. The van der Waals surface area contributed by atoms with E-state index in [0.717, 1.165) is 27.8 Å². The highest BCUT2D eigenvalue weighted by Crippen LogP contribution is 2.44. The van der Waals surface area contributed by atoms with Crippen molar-refractivity contribution in [1.29, 1.82) is 0 Å². The second kappa shape index (κ2) is 12.5. The first-order chi connectivity index (χ1) is 20.3. The van der Waals surface area contributed by atoms with E-state index in [1.54, 1.807) is 12.1 Å². The van der Waals surface area contributed by atoms with Gasteiger partial charge in [-0.3, -0.25) is 0 Å². The minimum absolute atomic E-state index is 0.102. The third-order valence-electron chi connectivity index (χ3n) is 7.67. The van der Waals surface area contributed by atoms with Crippen LogP contribution in [0.1, 0.15) is 48.4 Å². The van der Waals surface area contributed by atoms with Crippen LogP contribution in [-0.2, 0) is 26.3 Å². The zero-order valence-electron chi connectivity index (χ0n) is 23.9. The number of methoxy groups -OCH3 is 1. The number of carbonyl (C=O) groups excluding carboxylic acids is 2. The Morgan fingerprint density at radius 2 is 1.50 bits per heavy atom. The molecule has 7 heteroatoms. The Balaban J connectivity index is 1.19. The average Bonchev–Trinajstić information content (AvgIpc) is 3.33. The molecule has 1 amide bonds. The van der Waals surface area contributed by atoms with Gasteiger partial charge in [0.15, 0.2) is 11.6 Å². The summed E-state index contributed by atoms with van der Waals surface area (Å²) in [5.41, 5.74) is 5.29. The Hall–Kier alpha value is -4.65. The van der Waals surface area contributed by atoms with Crippen LogP contribution in [0, 0.1) is 5.82 Å². The summed E-state index contributed by atoms with van der Waals surface area (Å²) in [6.07, 6.45) is -0.195. The van der Waals surface area contributed by atoms with Gasteiger partial charge >= 0.3 is 12.1 Å². The molecule has 1 aliphatic carbocycles. The van der Waals surface area contributed by atoms with Crippen LogP contribution in [0.5, 0.6) is 5.75 Å². The highest BCUT2D eigenvalue weighted by Gasteiger charge is 2.30. The normalized spacial score (nSPS) is 13.0. The number of benzene rings is 4. The molecule has 4 aromatic rings. The standard InChI is InChI=1S/C35H34FNO5/c1-35(2,24-11-5-4-6-12-24)42-32-20-18-23(21-30(32)36)17-19-31(33(38)40-3)37-34(39)41-22-29-27-15-9-7-13-25(27)26-14-8-10-16-28(26)29/h4-16,18,20-21,29,31H,17,19,22H2,1-3H3,(H,37,39)/t31-/m0/s1. The molecule has 5 rings (SSSR count). The lowest BCUT2D eigenvalue weighted by Crippen LogP contribution is -2.42. The molecule has 0 fully saturated rings. The molecule has 0 bridgehead atoms. The molecule has 1 N–H and O–H groups in total. The Kier molecular flexibility index (Phi) is 8.57. The Morgan fingerprint density at radius 1 is 0.881 bits per heavy atom. The van der Waals surface area contributed by atoms with E-state index in [0.29, 0.717) is 12.0 Å². The Labute approximate surface area is 245 Å². The minimum atomic E-state index is -0.957. The summed E-state index contributed by atoms with van der Waals surface area (Å²) in [5.74, 6) is -1.08. The summed E-state index contributed by atoms with van der Waals surface area (Å²) in [6.45, 7) is 3.89. The number of amides is 1. The fourth-order valence-electron chi connectivity index (χ4n) is 5.44. The van der Waals surface area contributed by atoms with Gasteiger partial charge in [0, 0.05) is 5.92 Å². The van der Waals surface area contributed by atoms with Gasteiger partial charge in [0.05, 0.1) is 7.11 Å². The molecule has 0 unspecified atom stereocenters. The number of esters is 1. The van der Waals surface area contributed by atoms with Crippen molar-refractivity contribution in [3.05, 3.63) is 125 Å². The number of hydrogen-bond acceptors (Lipinski definition) is 5. The predicted molar refractivity (Wildman–Crippen MR) is 159 cm³/mol. The number of carbonyl (C=O) groups is 2. The van der Waals surface area contributed by atoms with Crippen LogP contribution in [-0.4, -0.2) is 31.8 Å². The maximum absolute atomic E-state index is 15.0. The number of aryl methyl sites for hydroxylation is 1. The fraction of sp³-hybridized carbons (Fsp3) is 0.257. The molecule has 6 nitrogen and oxygen atoms in total. The summed E-state index contributed by atoms with van der Waals surface area (Å²) in [5, 5.41) is 2.63. The SMILES string of the molecule is COC(=O)[C@H](CCc1ccc(OC(C)(C)c2ccccc2)c(F)c1)NC(=O)OCC1c2ccccc2-c2ccccc21. The van der Waals surface area contributed by atoms with Crippen molar-refractivity contribution in [1.82, 2.24) is 5.32 Å². The van der Waals surface area contributed by atoms with Crippen molar-refractivity contribution >= 4 is 12.1 Å². The maximum Gasteiger partial charge on any atom is 0.407 e. The van der Waals surface area contributed by atoms with Gasteiger partial charge in [-0.15, -0.1) is 0 Å². The number of rotatable bonds is 10. The first-order valence-electron chi connectivity index (χ1n) is 14.0. The molecule has 0 radical (unpaired) electrons. The number of ether oxygens (including phenoxy) is 3. The first kappa shape index (κ1) is 28.9. The van der Waals surface area contributed by atoms with E-state index in [9.17, 15) is 9.59 Å². The van der Waals surface area contributed by atoms with Crippen molar-refractivity contribution in [3.8, 4) is 16.9 Å².